The van der Waals surface area contributed by atoms with E-state index in [0.717, 1.165) is 10.8 Å². The number of hydrogen-bond acceptors (Lipinski definition) is 7. The summed E-state index contributed by atoms with van der Waals surface area (Å²) in [4.78, 5) is 46.9. The Hall–Kier alpha value is -3.12. The second-order valence-electron chi connectivity index (χ2n) is 8.55. The molecule has 3 rings (SSSR count). The number of ether oxygens (including phenoxy) is 1. The molecule has 11 nitrogen and oxygen atoms in total. The molecular weight excluding hydrogens is 554 g/mol. The predicted molar refractivity (Wildman–Crippen MR) is 143 cm³/mol. The van der Waals surface area contributed by atoms with Gasteiger partial charge in [-0.1, -0.05) is 48.0 Å². The number of benzene rings is 2. The van der Waals surface area contributed by atoms with Crippen LogP contribution in [0.2, 0.25) is 5.02 Å². The number of carbonyl (C=O) groups excluding carboxylic acids is 2. The fraction of sp³-hybridized carbons (Fsp3) is 0.320. The Labute approximate surface area is 229 Å². The van der Waals surface area contributed by atoms with Crippen LogP contribution in [0.4, 0.5) is 15.0 Å². The smallest absolute Gasteiger partial charge is 0.447 e. The van der Waals surface area contributed by atoms with E-state index in [1.165, 1.54) is 24.1 Å². The highest BCUT2D eigenvalue weighted by Crippen LogP contribution is 2.35. The van der Waals surface area contributed by atoms with Gasteiger partial charge in [0.1, 0.15) is 18.2 Å². The molecule has 1 aromatic heterocycles. The van der Waals surface area contributed by atoms with Gasteiger partial charge in [-0.25, -0.2) is 24.2 Å². The maximum atomic E-state index is 13.8. The molecule has 0 radical (unpaired) electrons. The van der Waals surface area contributed by atoms with E-state index < -0.39 is 31.7 Å². The molecule has 0 bridgehead atoms. The van der Waals surface area contributed by atoms with Crippen LogP contribution in [-0.4, -0.2) is 51.0 Å². The van der Waals surface area contributed by atoms with Crippen molar-refractivity contribution in [3.63, 3.8) is 0 Å². The van der Waals surface area contributed by atoms with Crippen molar-refractivity contribution in [2.75, 3.05) is 18.5 Å². The number of rotatable bonds is 13. The number of halogens is 2. The Bertz CT molecular complexity index is 1340. The molecule has 0 saturated carbocycles. The lowest BCUT2D eigenvalue weighted by Gasteiger charge is -2.31. The van der Waals surface area contributed by atoms with Crippen LogP contribution in [0.1, 0.15) is 31.7 Å². The van der Waals surface area contributed by atoms with Gasteiger partial charge in [0.25, 0.3) is 0 Å². The number of anilines is 1. The second kappa shape index (κ2) is 14.3. The average molecular weight is 583 g/mol. The summed E-state index contributed by atoms with van der Waals surface area (Å²) >= 11 is 6.03. The first-order chi connectivity index (χ1) is 18.5. The third-order valence-corrected chi connectivity index (χ3v) is 6.58. The molecule has 2 aromatic carbocycles. The van der Waals surface area contributed by atoms with E-state index in [1.807, 2.05) is 24.3 Å². The van der Waals surface area contributed by atoms with E-state index in [4.69, 9.17) is 26.1 Å². The van der Waals surface area contributed by atoms with Gasteiger partial charge in [0.2, 0.25) is 5.91 Å². The van der Waals surface area contributed by atoms with Crippen molar-refractivity contribution >= 4 is 48.0 Å². The maximum Gasteiger partial charge on any atom is 0.469 e. The summed E-state index contributed by atoms with van der Waals surface area (Å²) in [5, 5.41) is 5.51. The molecule has 2 amide bonds. The Balaban J connectivity index is 1.65. The number of nitrogens with one attached hydrogen (secondary N) is 2. The van der Waals surface area contributed by atoms with E-state index in [9.17, 15) is 18.5 Å². The summed E-state index contributed by atoms with van der Waals surface area (Å²) in [6.07, 6.45) is 1.77. The van der Waals surface area contributed by atoms with Crippen LogP contribution < -0.4 is 10.7 Å². The molecule has 0 aliphatic heterocycles. The lowest BCUT2D eigenvalue weighted by Crippen LogP contribution is -2.50. The van der Waals surface area contributed by atoms with Gasteiger partial charge < -0.3 is 14.5 Å². The van der Waals surface area contributed by atoms with E-state index in [-0.39, 0.29) is 43.4 Å². The third-order valence-electron chi connectivity index (χ3n) is 5.63. The van der Waals surface area contributed by atoms with Crippen molar-refractivity contribution in [1.29, 1.82) is 0 Å². The summed E-state index contributed by atoms with van der Waals surface area (Å²) in [5.41, 5.74) is 3.33. The minimum absolute atomic E-state index is 0.0151. The number of phosphoric acid groups is 1. The number of hydrazine groups is 1. The zero-order valence-electron chi connectivity index (χ0n) is 21.0. The number of fused-ring (bicyclic) bond motifs is 1. The van der Waals surface area contributed by atoms with Gasteiger partial charge in [0.05, 0.1) is 17.7 Å². The zero-order chi connectivity index (χ0) is 28.4. The fourth-order valence-electron chi connectivity index (χ4n) is 3.77. The first-order valence-electron chi connectivity index (χ1n) is 12.0. The summed E-state index contributed by atoms with van der Waals surface area (Å²) in [7, 11) is -4.60. The molecule has 0 saturated heterocycles. The number of carbonyl (C=O) groups is 2. The molecule has 0 spiro atoms. The second-order valence-corrected chi connectivity index (χ2v) is 10.2. The minimum Gasteiger partial charge on any atom is -0.447 e. The third kappa shape index (κ3) is 9.85. The fourth-order valence-corrected chi connectivity index (χ4v) is 4.33. The van der Waals surface area contributed by atoms with Crippen LogP contribution in [0, 0.1) is 5.82 Å². The van der Waals surface area contributed by atoms with Crippen LogP contribution in [0.25, 0.3) is 10.8 Å². The van der Waals surface area contributed by atoms with E-state index >= 15 is 0 Å². The van der Waals surface area contributed by atoms with Crippen molar-refractivity contribution < 1.29 is 37.6 Å². The number of phosphoric ester groups is 1. The molecule has 3 aromatic rings. The zero-order valence-corrected chi connectivity index (χ0v) is 22.7. The van der Waals surface area contributed by atoms with Gasteiger partial charge in [0, 0.05) is 25.1 Å². The van der Waals surface area contributed by atoms with Crippen LogP contribution in [-0.2, 0) is 25.2 Å². The summed E-state index contributed by atoms with van der Waals surface area (Å²) in [5.74, 6) is -0.722. The number of pyridine rings is 1. The van der Waals surface area contributed by atoms with E-state index in [1.54, 1.807) is 18.3 Å². The highest BCUT2D eigenvalue weighted by Gasteiger charge is 2.24. The monoisotopic (exact) mass is 582 g/mol. The van der Waals surface area contributed by atoms with E-state index in [0.29, 0.717) is 12.0 Å². The number of hydrogen-bond donors (Lipinski definition) is 4. The number of aromatic nitrogens is 1. The van der Waals surface area contributed by atoms with Crippen LogP contribution in [0.5, 0.6) is 0 Å². The number of unbranched alkanes of at least 4 members (excludes halogenated alkanes) is 1. The Morgan fingerprint density at radius 3 is 2.62 bits per heavy atom. The first-order valence-corrected chi connectivity index (χ1v) is 13.9. The predicted octanol–water partition coefficient (Wildman–Crippen LogP) is 4.78. The summed E-state index contributed by atoms with van der Waals surface area (Å²) in [6, 6.07) is 12.8. The topological polar surface area (TPSA) is 150 Å². The van der Waals surface area contributed by atoms with Gasteiger partial charge in [-0.3, -0.25) is 19.6 Å². The molecule has 1 atom stereocenters. The van der Waals surface area contributed by atoms with Gasteiger partial charge in [-0.15, -0.1) is 0 Å². The largest absolute Gasteiger partial charge is 0.469 e. The SMILES string of the molecule is CC(=O)N(NCc1cccc(F)c1Cl)[C@@H](CCCCOP(=O)(O)O)COC(=O)Nc1cc2ccccc2cn1. The minimum atomic E-state index is -4.60. The number of nitrogens with zero attached hydrogens (tertiary/aromatic N) is 2. The highest BCUT2D eigenvalue weighted by molar-refractivity contribution is 7.46. The highest BCUT2D eigenvalue weighted by atomic mass is 35.5. The normalized spacial score (nSPS) is 12.2. The lowest BCUT2D eigenvalue weighted by molar-refractivity contribution is -0.136. The molecule has 39 heavy (non-hydrogen) atoms. The molecule has 0 fully saturated rings. The lowest BCUT2D eigenvalue weighted by atomic mass is 10.1. The van der Waals surface area contributed by atoms with Crippen molar-refractivity contribution in [2.45, 2.75) is 38.8 Å². The average Bonchev–Trinajstić information content (AvgIpc) is 2.88. The summed E-state index contributed by atoms with van der Waals surface area (Å²) in [6.45, 7) is 0.908. The van der Waals surface area contributed by atoms with Gasteiger partial charge >= 0.3 is 13.9 Å². The Morgan fingerprint density at radius 1 is 1.15 bits per heavy atom. The quantitative estimate of drug-likeness (QED) is 0.127. The van der Waals surface area contributed by atoms with Crippen molar-refractivity contribution in [2.24, 2.45) is 0 Å². The van der Waals surface area contributed by atoms with Gasteiger partial charge in [-0.2, -0.15) is 0 Å². The molecule has 210 valence electrons. The molecule has 1 heterocycles. The van der Waals surface area contributed by atoms with Crippen LogP contribution in [0.15, 0.2) is 54.7 Å². The van der Waals surface area contributed by atoms with Crippen LogP contribution >= 0.6 is 19.4 Å². The van der Waals surface area contributed by atoms with Crippen LogP contribution in [0.3, 0.4) is 0 Å². The molecule has 0 unspecified atom stereocenters. The molecule has 14 heteroatoms. The van der Waals surface area contributed by atoms with Crippen molar-refractivity contribution in [1.82, 2.24) is 15.4 Å². The number of amides is 2. The Morgan fingerprint density at radius 2 is 1.90 bits per heavy atom. The standard InChI is InChI=1S/C25H29ClFN4O7P/c1-17(32)31(29-15-20-9-6-11-22(27)24(20)26)21(10-4-5-12-38-39(34,35)36)16-37-25(33)30-23-13-18-7-2-3-8-19(18)14-28-23/h2-3,6-9,11,13-14,21,29H,4-5,10,12,15-16H2,1H3,(H,28,30,33)(H2,34,35,36)/t21-/m0/s1. The molecule has 0 aliphatic rings. The maximum absolute atomic E-state index is 13.8. The van der Waals surface area contributed by atoms with Gasteiger partial charge in [0.15, 0.2) is 0 Å². The first kappa shape index (κ1) is 30.4. The summed E-state index contributed by atoms with van der Waals surface area (Å²) < 4.78 is 34.6. The van der Waals surface area contributed by atoms with Crippen molar-refractivity contribution in [3.8, 4) is 0 Å². The van der Waals surface area contributed by atoms with Crippen molar-refractivity contribution in [3.05, 3.63) is 71.1 Å². The Kier molecular flexibility index (Phi) is 11.2. The molecular formula is C25H29ClFN4O7P. The molecule has 0 aliphatic carbocycles. The molecule has 4 N–H and O–H groups in total. The van der Waals surface area contributed by atoms with E-state index in [2.05, 4.69) is 20.3 Å². The van der Waals surface area contributed by atoms with Gasteiger partial charge in [-0.05, 0) is 42.3 Å².